The van der Waals surface area contributed by atoms with Gasteiger partial charge >= 0.3 is 5.97 Å². The van der Waals surface area contributed by atoms with Crippen molar-refractivity contribution in [3.63, 3.8) is 0 Å². The molecule has 148 valence electrons. The summed E-state index contributed by atoms with van der Waals surface area (Å²) in [6, 6.07) is 0. The molecule has 2 saturated heterocycles. The maximum atomic E-state index is 15.4. The normalized spacial score (nSPS) is 35.3. The molecule has 26 heavy (non-hydrogen) atoms. The molecule has 0 spiro atoms. The molecule has 2 aliphatic heterocycles. The van der Waals surface area contributed by atoms with Crippen LogP contribution in [0.3, 0.4) is 0 Å². The number of alkyl halides is 1. The summed E-state index contributed by atoms with van der Waals surface area (Å²) in [5, 5.41) is 0. The lowest BCUT2D eigenvalue weighted by Crippen LogP contribution is -2.40. The molecule has 0 aromatic rings. The number of allylic oxidation sites excluding steroid dienone is 1. The summed E-state index contributed by atoms with van der Waals surface area (Å²) >= 11 is 0. The number of unbranched alkanes of at least 4 members (excludes halogenated alkanes) is 1. The highest BCUT2D eigenvalue weighted by Crippen LogP contribution is 2.42. The van der Waals surface area contributed by atoms with Gasteiger partial charge in [-0.1, -0.05) is 31.9 Å². The Labute approximate surface area is 156 Å². The summed E-state index contributed by atoms with van der Waals surface area (Å²) in [4.78, 5) is 11.5. The second-order valence-corrected chi connectivity index (χ2v) is 8.26. The average molecular weight is 368 g/mol. The number of ether oxygens (including phenoxy) is 3. The molecule has 3 rings (SSSR count). The van der Waals surface area contributed by atoms with E-state index in [1.165, 1.54) is 0 Å². The van der Waals surface area contributed by atoms with Crippen LogP contribution in [-0.2, 0) is 19.0 Å². The molecule has 6 unspecified atom stereocenters. The van der Waals surface area contributed by atoms with Gasteiger partial charge in [-0.05, 0) is 51.4 Å². The van der Waals surface area contributed by atoms with Gasteiger partial charge < -0.3 is 14.2 Å². The number of fused-ring (bicyclic) bond motifs is 1. The van der Waals surface area contributed by atoms with Crippen molar-refractivity contribution in [2.45, 2.75) is 95.8 Å². The van der Waals surface area contributed by atoms with Gasteiger partial charge in [0.2, 0.25) is 0 Å². The van der Waals surface area contributed by atoms with Crippen molar-refractivity contribution >= 4 is 5.97 Å². The van der Waals surface area contributed by atoms with Crippen LogP contribution in [0.4, 0.5) is 4.39 Å². The second kappa shape index (κ2) is 8.83. The lowest BCUT2D eigenvalue weighted by molar-refractivity contribution is -0.201. The molecule has 0 bridgehead atoms. The number of hydrogen-bond acceptors (Lipinski definition) is 4. The van der Waals surface area contributed by atoms with Crippen LogP contribution in [0.15, 0.2) is 12.2 Å². The lowest BCUT2D eigenvalue weighted by Gasteiger charge is -2.33. The minimum atomic E-state index is -1.42. The SMILES string of the molecule is CCCCC(C)(F)C(/C=C/C1CCC2OC(=O)CC12)OC1CCCCO1. The van der Waals surface area contributed by atoms with Crippen molar-refractivity contribution in [3.05, 3.63) is 12.2 Å². The maximum Gasteiger partial charge on any atom is 0.306 e. The van der Waals surface area contributed by atoms with E-state index >= 15 is 4.39 Å². The quantitative estimate of drug-likeness (QED) is 0.459. The predicted molar refractivity (Wildman–Crippen MR) is 97.4 cm³/mol. The Balaban J connectivity index is 1.66. The van der Waals surface area contributed by atoms with Gasteiger partial charge in [0, 0.05) is 12.5 Å². The number of carbonyl (C=O) groups is 1. The first kappa shape index (κ1) is 19.8. The minimum Gasteiger partial charge on any atom is -0.462 e. The molecule has 4 nitrogen and oxygen atoms in total. The molecular weight excluding hydrogens is 335 g/mol. The fourth-order valence-corrected chi connectivity index (χ4v) is 4.42. The van der Waals surface area contributed by atoms with E-state index < -0.39 is 11.8 Å². The van der Waals surface area contributed by atoms with E-state index in [0.29, 0.717) is 19.4 Å². The fourth-order valence-electron chi connectivity index (χ4n) is 4.42. The first-order valence-corrected chi connectivity index (χ1v) is 10.3. The van der Waals surface area contributed by atoms with Crippen molar-refractivity contribution in [3.8, 4) is 0 Å². The van der Waals surface area contributed by atoms with E-state index in [9.17, 15) is 4.79 Å². The molecule has 0 radical (unpaired) electrons. The molecule has 1 aliphatic carbocycles. The number of hydrogen-bond donors (Lipinski definition) is 0. The molecule has 3 aliphatic rings. The molecule has 6 atom stereocenters. The average Bonchev–Trinajstić information content (AvgIpc) is 3.17. The molecule has 0 amide bonds. The van der Waals surface area contributed by atoms with E-state index in [4.69, 9.17) is 14.2 Å². The summed E-state index contributed by atoms with van der Waals surface area (Å²) in [6.45, 7) is 4.40. The zero-order chi connectivity index (χ0) is 18.6. The number of halogens is 1. The smallest absolute Gasteiger partial charge is 0.306 e. The van der Waals surface area contributed by atoms with Crippen molar-refractivity contribution < 1.29 is 23.4 Å². The molecular formula is C21H33FO4. The van der Waals surface area contributed by atoms with Crippen LogP contribution in [0.5, 0.6) is 0 Å². The Morgan fingerprint density at radius 2 is 2.19 bits per heavy atom. The van der Waals surface area contributed by atoms with E-state index in [1.54, 1.807) is 6.92 Å². The summed E-state index contributed by atoms with van der Waals surface area (Å²) in [5.74, 6) is 0.415. The second-order valence-electron chi connectivity index (χ2n) is 8.26. The highest BCUT2D eigenvalue weighted by Gasteiger charge is 2.44. The topological polar surface area (TPSA) is 44.8 Å². The van der Waals surface area contributed by atoms with Crippen molar-refractivity contribution in [1.82, 2.24) is 0 Å². The number of rotatable bonds is 8. The summed E-state index contributed by atoms with van der Waals surface area (Å²) < 4.78 is 32.5. The van der Waals surface area contributed by atoms with Gasteiger partial charge in [-0.3, -0.25) is 4.79 Å². The van der Waals surface area contributed by atoms with Gasteiger partial charge in [0.15, 0.2) is 6.29 Å². The van der Waals surface area contributed by atoms with Crippen LogP contribution in [0, 0.1) is 11.8 Å². The Hall–Kier alpha value is -0.940. The Kier molecular flexibility index (Phi) is 6.73. The van der Waals surface area contributed by atoms with Gasteiger partial charge in [-0.2, -0.15) is 0 Å². The van der Waals surface area contributed by atoms with Gasteiger partial charge in [0.1, 0.15) is 17.9 Å². The zero-order valence-corrected chi connectivity index (χ0v) is 16.1. The summed E-state index contributed by atoms with van der Waals surface area (Å²) in [5.41, 5.74) is -1.42. The standard InChI is InChI=1S/C21H33FO4/c1-3-4-12-21(2,22)18(26-20-7-5-6-13-24-20)11-9-15-8-10-17-16(15)14-19(23)25-17/h9,11,15-18,20H,3-8,10,12-14H2,1-2H3/b11-9+. The highest BCUT2D eigenvalue weighted by molar-refractivity contribution is 5.72. The van der Waals surface area contributed by atoms with Gasteiger partial charge in [-0.25, -0.2) is 4.39 Å². The van der Waals surface area contributed by atoms with Crippen LogP contribution in [0.1, 0.15) is 71.6 Å². The zero-order valence-electron chi connectivity index (χ0n) is 16.1. The van der Waals surface area contributed by atoms with Gasteiger partial charge in [0.05, 0.1) is 6.42 Å². The Morgan fingerprint density at radius 1 is 1.35 bits per heavy atom. The van der Waals surface area contributed by atoms with Crippen LogP contribution in [0.25, 0.3) is 0 Å². The minimum absolute atomic E-state index is 0.0510. The van der Waals surface area contributed by atoms with E-state index in [1.807, 2.05) is 6.08 Å². The number of esters is 1. The van der Waals surface area contributed by atoms with Crippen LogP contribution >= 0.6 is 0 Å². The molecule has 1 saturated carbocycles. The third kappa shape index (κ3) is 4.86. The van der Waals surface area contributed by atoms with Crippen LogP contribution in [0.2, 0.25) is 0 Å². The molecule has 0 aromatic heterocycles. The Morgan fingerprint density at radius 3 is 2.92 bits per heavy atom. The van der Waals surface area contributed by atoms with E-state index in [2.05, 4.69) is 13.0 Å². The van der Waals surface area contributed by atoms with Gasteiger partial charge in [-0.15, -0.1) is 0 Å². The first-order valence-electron chi connectivity index (χ1n) is 10.3. The van der Waals surface area contributed by atoms with Crippen LogP contribution in [-0.4, -0.2) is 36.7 Å². The molecule has 5 heteroatoms. The lowest BCUT2D eigenvalue weighted by atomic mass is 9.89. The Bertz CT molecular complexity index is 498. The fraction of sp³-hybridized carbons (Fsp3) is 0.857. The van der Waals surface area contributed by atoms with Gasteiger partial charge in [0.25, 0.3) is 0 Å². The van der Waals surface area contributed by atoms with Crippen molar-refractivity contribution in [1.29, 1.82) is 0 Å². The van der Waals surface area contributed by atoms with E-state index in [-0.39, 0.29) is 30.2 Å². The molecule has 3 fully saturated rings. The van der Waals surface area contributed by atoms with Crippen molar-refractivity contribution in [2.75, 3.05) is 6.61 Å². The maximum absolute atomic E-state index is 15.4. The number of carbonyl (C=O) groups excluding carboxylic acids is 1. The van der Waals surface area contributed by atoms with Crippen LogP contribution < -0.4 is 0 Å². The van der Waals surface area contributed by atoms with E-state index in [0.717, 1.165) is 44.9 Å². The molecule has 0 aromatic carbocycles. The third-order valence-electron chi connectivity index (χ3n) is 6.08. The van der Waals surface area contributed by atoms with Crippen molar-refractivity contribution in [2.24, 2.45) is 11.8 Å². The first-order chi connectivity index (χ1) is 12.5. The molecule has 0 N–H and O–H groups in total. The summed E-state index contributed by atoms with van der Waals surface area (Å²) in [6.07, 6.45) is 10.7. The third-order valence-corrected chi connectivity index (χ3v) is 6.08. The predicted octanol–water partition coefficient (Wildman–Crippen LogP) is 4.71. The monoisotopic (exact) mass is 368 g/mol. The highest BCUT2D eigenvalue weighted by atomic mass is 19.1. The molecule has 2 heterocycles. The summed E-state index contributed by atoms with van der Waals surface area (Å²) in [7, 11) is 0. The largest absolute Gasteiger partial charge is 0.462 e.